The van der Waals surface area contributed by atoms with Crippen LogP contribution >= 0.6 is 0 Å². The number of carbonyl (C=O) groups excluding carboxylic acids is 1. The molecule has 0 aliphatic heterocycles. The van der Waals surface area contributed by atoms with Crippen LogP contribution in [-0.4, -0.2) is 29.2 Å². The summed E-state index contributed by atoms with van der Waals surface area (Å²) in [6.07, 6.45) is 9.88. The van der Waals surface area contributed by atoms with Crippen LogP contribution in [0.1, 0.15) is 89.7 Å². The Morgan fingerprint density at radius 1 is 0.818 bits per heavy atom. The van der Waals surface area contributed by atoms with E-state index in [0.717, 1.165) is 30.4 Å². The summed E-state index contributed by atoms with van der Waals surface area (Å²) < 4.78 is 0. The highest BCUT2D eigenvalue weighted by Gasteiger charge is 2.10. The second kappa shape index (κ2) is 15.4. The van der Waals surface area contributed by atoms with Crippen molar-refractivity contribution in [3.8, 4) is 0 Å². The molecule has 0 aliphatic rings. The number of benzene rings is 1. The third-order valence-electron chi connectivity index (χ3n) is 5.00. The Balaban J connectivity index is 2.83. The van der Waals surface area contributed by atoms with Crippen molar-refractivity contribution in [1.29, 1.82) is 10.8 Å². The van der Waals surface area contributed by atoms with Gasteiger partial charge in [0, 0.05) is 23.2 Å². The summed E-state index contributed by atoms with van der Waals surface area (Å²) in [6, 6.07) is 5.46. The summed E-state index contributed by atoms with van der Waals surface area (Å²) >= 11 is 0. The number of rotatable bonds is 14. The van der Waals surface area contributed by atoms with Gasteiger partial charge in [-0.3, -0.25) is 15.6 Å². The summed E-state index contributed by atoms with van der Waals surface area (Å²) in [5.41, 5.74) is 18.7. The zero-order chi connectivity index (χ0) is 24.6. The smallest absolute Gasteiger partial charge is 0.224 e. The Bertz CT molecular complexity index is 811. The molecule has 0 aliphatic carbocycles. The number of hydrogen-bond acceptors (Lipinski definition) is 5. The van der Waals surface area contributed by atoms with Gasteiger partial charge in [-0.1, -0.05) is 51.9 Å². The Morgan fingerprint density at radius 2 is 1.27 bits per heavy atom. The van der Waals surface area contributed by atoms with E-state index < -0.39 is 0 Å². The van der Waals surface area contributed by atoms with Gasteiger partial charge in [0.2, 0.25) is 17.8 Å². The van der Waals surface area contributed by atoms with Crippen LogP contribution < -0.4 is 27.6 Å². The van der Waals surface area contributed by atoms with E-state index in [1.54, 1.807) is 13.8 Å². The van der Waals surface area contributed by atoms with E-state index in [1.807, 2.05) is 18.2 Å². The van der Waals surface area contributed by atoms with Crippen molar-refractivity contribution in [2.24, 2.45) is 21.7 Å². The van der Waals surface area contributed by atoms with Crippen molar-refractivity contribution in [3.63, 3.8) is 0 Å². The van der Waals surface area contributed by atoms with Gasteiger partial charge in [0.1, 0.15) is 0 Å². The lowest BCUT2D eigenvalue weighted by Gasteiger charge is -2.12. The zero-order valence-corrected chi connectivity index (χ0v) is 20.1. The topological polar surface area (TPSA) is 178 Å². The highest BCUT2D eigenvalue weighted by Crippen LogP contribution is 2.18. The predicted octanol–water partition coefficient (Wildman–Crippen LogP) is 3.57. The number of amides is 1. The SMILES string of the molecule is CCCCCCCCCCC(=O)Nc1cc(/C(C)=N/NC(=N)N)cc(/C(C)=N/NC(=N)N)c1. The molecule has 0 saturated heterocycles. The van der Waals surface area contributed by atoms with E-state index in [1.165, 1.54) is 32.1 Å². The molecule has 1 aromatic rings. The molecule has 0 fully saturated rings. The van der Waals surface area contributed by atoms with Crippen LogP contribution in [0.3, 0.4) is 0 Å². The van der Waals surface area contributed by atoms with Crippen molar-refractivity contribution in [2.45, 2.75) is 78.6 Å². The van der Waals surface area contributed by atoms with E-state index in [-0.39, 0.29) is 17.8 Å². The van der Waals surface area contributed by atoms with Gasteiger partial charge < -0.3 is 16.8 Å². The van der Waals surface area contributed by atoms with Crippen LogP contribution in [0.25, 0.3) is 0 Å². The molecule has 33 heavy (non-hydrogen) atoms. The van der Waals surface area contributed by atoms with Crippen LogP contribution in [-0.2, 0) is 4.79 Å². The number of nitrogens with two attached hydrogens (primary N) is 2. The van der Waals surface area contributed by atoms with Crippen LogP contribution in [0.15, 0.2) is 28.4 Å². The van der Waals surface area contributed by atoms with Gasteiger partial charge in [-0.05, 0) is 38.5 Å². The fourth-order valence-electron chi connectivity index (χ4n) is 3.18. The van der Waals surface area contributed by atoms with Gasteiger partial charge in [0.05, 0.1) is 11.4 Å². The molecule has 10 nitrogen and oxygen atoms in total. The van der Waals surface area contributed by atoms with E-state index in [0.29, 0.717) is 23.5 Å². The maximum absolute atomic E-state index is 12.5. The van der Waals surface area contributed by atoms with Crippen molar-refractivity contribution in [2.75, 3.05) is 5.32 Å². The molecule has 0 radical (unpaired) electrons. The number of nitrogens with zero attached hydrogens (tertiary/aromatic N) is 2. The number of hydrogen-bond donors (Lipinski definition) is 7. The quantitative estimate of drug-likeness (QED) is 0.0975. The first-order chi connectivity index (χ1) is 15.7. The largest absolute Gasteiger partial charge is 0.369 e. The second-order valence-corrected chi connectivity index (χ2v) is 8.02. The van der Waals surface area contributed by atoms with E-state index in [9.17, 15) is 4.79 Å². The fraction of sp³-hybridized carbons (Fsp3) is 0.522. The average molecular weight is 458 g/mol. The van der Waals surface area contributed by atoms with Crippen molar-refractivity contribution in [3.05, 3.63) is 29.3 Å². The van der Waals surface area contributed by atoms with E-state index in [4.69, 9.17) is 22.3 Å². The molecule has 0 atom stereocenters. The minimum atomic E-state index is -0.271. The molecule has 0 spiro atoms. The number of nitrogens with one attached hydrogen (secondary N) is 5. The van der Waals surface area contributed by atoms with Gasteiger partial charge in [-0.15, -0.1) is 0 Å². The number of carbonyl (C=O) groups is 1. The van der Waals surface area contributed by atoms with Crippen molar-refractivity contribution < 1.29 is 4.79 Å². The Kier molecular flexibility index (Phi) is 12.9. The third-order valence-corrected chi connectivity index (χ3v) is 5.00. The minimum absolute atomic E-state index is 0.0445. The van der Waals surface area contributed by atoms with Crippen molar-refractivity contribution >= 4 is 34.9 Å². The summed E-state index contributed by atoms with van der Waals surface area (Å²) in [6.45, 7) is 5.74. The monoisotopic (exact) mass is 457 g/mol. The van der Waals surface area contributed by atoms with Crippen LogP contribution in [0.4, 0.5) is 5.69 Å². The normalized spacial score (nSPS) is 11.7. The first-order valence-corrected chi connectivity index (χ1v) is 11.5. The Hall–Kier alpha value is -3.43. The molecule has 182 valence electrons. The molecular formula is C23H39N9O. The van der Waals surface area contributed by atoms with Gasteiger partial charge >= 0.3 is 0 Å². The standard InChI is InChI=1S/C23H39N9O/c1-4-5-6-7-8-9-10-11-12-21(33)28-20-14-18(16(2)29-31-22(24)25)13-19(15-20)17(3)30-32-23(26)27/h13-15H,4-12H2,1-3H3,(H,28,33)(H4,24,25,31)(H4,26,27,32)/b29-16+,30-17+. The van der Waals surface area contributed by atoms with E-state index in [2.05, 4.69) is 33.3 Å². The Labute approximate surface area is 196 Å². The maximum Gasteiger partial charge on any atom is 0.224 e. The third kappa shape index (κ3) is 12.3. The van der Waals surface area contributed by atoms with Gasteiger partial charge in [-0.25, -0.2) is 10.9 Å². The minimum Gasteiger partial charge on any atom is -0.369 e. The molecule has 1 rings (SSSR count). The fourth-order valence-corrected chi connectivity index (χ4v) is 3.18. The number of anilines is 1. The van der Waals surface area contributed by atoms with E-state index >= 15 is 0 Å². The molecule has 0 bridgehead atoms. The molecule has 10 heteroatoms. The number of guanidine groups is 2. The van der Waals surface area contributed by atoms with Crippen LogP contribution in [0, 0.1) is 10.8 Å². The number of hydrazone groups is 2. The first kappa shape index (κ1) is 27.6. The highest BCUT2D eigenvalue weighted by molar-refractivity contribution is 6.06. The highest BCUT2D eigenvalue weighted by atomic mass is 16.1. The predicted molar refractivity (Wildman–Crippen MR) is 137 cm³/mol. The zero-order valence-electron chi connectivity index (χ0n) is 20.1. The molecule has 0 unspecified atom stereocenters. The second-order valence-electron chi connectivity index (χ2n) is 8.02. The molecule has 1 aromatic carbocycles. The molecule has 0 saturated carbocycles. The van der Waals surface area contributed by atoms with Crippen molar-refractivity contribution in [1.82, 2.24) is 10.9 Å². The van der Waals surface area contributed by atoms with Crippen LogP contribution in [0.2, 0.25) is 0 Å². The molecular weight excluding hydrogens is 418 g/mol. The molecule has 9 N–H and O–H groups in total. The van der Waals surface area contributed by atoms with Gasteiger partial charge in [0.15, 0.2) is 0 Å². The first-order valence-electron chi connectivity index (χ1n) is 11.5. The summed E-state index contributed by atoms with van der Waals surface area (Å²) in [4.78, 5) is 12.5. The number of unbranched alkanes of at least 4 members (excludes halogenated alkanes) is 7. The maximum atomic E-state index is 12.5. The summed E-state index contributed by atoms with van der Waals surface area (Å²) in [7, 11) is 0. The summed E-state index contributed by atoms with van der Waals surface area (Å²) in [5, 5.41) is 25.7. The van der Waals surface area contributed by atoms with Gasteiger partial charge in [0.25, 0.3) is 0 Å². The van der Waals surface area contributed by atoms with Gasteiger partial charge in [-0.2, -0.15) is 10.2 Å². The lowest BCUT2D eigenvalue weighted by molar-refractivity contribution is -0.116. The average Bonchev–Trinajstić information content (AvgIpc) is 2.77. The summed E-state index contributed by atoms with van der Waals surface area (Å²) in [5.74, 6) is -0.586. The molecule has 0 heterocycles. The Morgan fingerprint density at radius 3 is 1.73 bits per heavy atom. The lowest BCUT2D eigenvalue weighted by Crippen LogP contribution is -2.27. The van der Waals surface area contributed by atoms with Crippen LogP contribution in [0.5, 0.6) is 0 Å². The molecule has 1 amide bonds. The molecule has 0 aromatic heterocycles. The lowest BCUT2D eigenvalue weighted by atomic mass is 10.0.